The number of nitrogens with zero attached hydrogens (tertiary/aromatic N) is 2. The first-order valence-corrected chi connectivity index (χ1v) is 12.3. The second-order valence-electron chi connectivity index (χ2n) is 9.49. The minimum absolute atomic E-state index is 0.0738. The monoisotopic (exact) mass is 524 g/mol. The molecule has 1 aromatic heterocycles. The van der Waals surface area contributed by atoms with Gasteiger partial charge in [0.2, 0.25) is 17.7 Å². The molecule has 38 heavy (non-hydrogen) atoms. The van der Waals surface area contributed by atoms with Crippen molar-refractivity contribution in [3.8, 4) is 5.75 Å². The SMILES string of the molecule is CCC(C)(C)NC(=O)[C@H](c1ccc(OC)cc1)N(C(=O)CCC(=O)Nc1cc(C)on1)c1ccccc1F. The zero-order valence-corrected chi connectivity index (χ0v) is 22.2. The van der Waals surface area contributed by atoms with Gasteiger partial charge in [0, 0.05) is 24.4 Å². The highest BCUT2D eigenvalue weighted by Crippen LogP contribution is 2.32. The maximum atomic E-state index is 15.1. The summed E-state index contributed by atoms with van der Waals surface area (Å²) in [6, 6.07) is 12.7. The Morgan fingerprint density at radius 2 is 1.79 bits per heavy atom. The number of ether oxygens (including phenoxy) is 1. The van der Waals surface area contributed by atoms with Crippen molar-refractivity contribution >= 4 is 29.2 Å². The van der Waals surface area contributed by atoms with Crippen molar-refractivity contribution in [2.75, 3.05) is 17.3 Å². The van der Waals surface area contributed by atoms with Gasteiger partial charge in [0.15, 0.2) is 5.82 Å². The van der Waals surface area contributed by atoms with Gasteiger partial charge in [-0.3, -0.25) is 19.3 Å². The molecule has 202 valence electrons. The molecule has 1 atom stereocenters. The fraction of sp³-hybridized carbons (Fsp3) is 0.357. The lowest BCUT2D eigenvalue weighted by molar-refractivity contribution is -0.128. The average Bonchev–Trinajstić information content (AvgIpc) is 3.30. The summed E-state index contributed by atoms with van der Waals surface area (Å²) in [6.45, 7) is 7.34. The average molecular weight is 525 g/mol. The Balaban J connectivity index is 1.98. The summed E-state index contributed by atoms with van der Waals surface area (Å²) in [6.07, 6.45) is 0.130. The highest BCUT2D eigenvalue weighted by molar-refractivity contribution is 6.03. The predicted octanol–water partition coefficient (Wildman–Crippen LogP) is 4.93. The van der Waals surface area contributed by atoms with E-state index < -0.39 is 35.1 Å². The van der Waals surface area contributed by atoms with Crippen molar-refractivity contribution in [2.45, 2.75) is 58.5 Å². The highest BCUT2D eigenvalue weighted by Gasteiger charge is 2.36. The number of amides is 3. The first kappa shape index (κ1) is 28.4. The topological polar surface area (TPSA) is 114 Å². The lowest BCUT2D eigenvalue weighted by atomic mass is 9.97. The maximum absolute atomic E-state index is 15.1. The zero-order valence-electron chi connectivity index (χ0n) is 22.2. The fourth-order valence-electron chi connectivity index (χ4n) is 3.73. The number of aryl methyl sites for hydroxylation is 1. The molecule has 0 saturated heterocycles. The quantitative estimate of drug-likeness (QED) is 0.368. The van der Waals surface area contributed by atoms with Crippen LogP contribution in [0.4, 0.5) is 15.9 Å². The molecule has 0 spiro atoms. The van der Waals surface area contributed by atoms with Crippen LogP contribution in [0, 0.1) is 12.7 Å². The lowest BCUT2D eigenvalue weighted by Gasteiger charge is -2.34. The van der Waals surface area contributed by atoms with E-state index >= 15 is 4.39 Å². The zero-order chi connectivity index (χ0) is 27.9. The van der Waals surface area contributed by atoms with Crippen LogP contribution in [-0.4, -0.2) is 35.5 Å². The van der Waals surface area contributed by atoms with Crippen molar-refractivity contribution in [2.24, 2.45) is 0 Å². The Labute approximate surface area is 221 Å². The Morgan fingerprint density at radius 1 is 1.11 bits per heavy atom. The molecular weight excluding hydrogens is 491 g/mol. The van der Waals surface area contributed by atoms with Gasteiger partial charge in [-0.15, -0.1) is 0 Å². The Hall–Kier alpha value is -4.21. The molecule has 0 aliphatic carbocycles. The molecule has 0 bridgehead atoms. The van der Waals surface area contributed by atoms with Gasteiger partial charge < -0.3 is 19.9 Å². The first-order chi connectivity index (χ1) is 18.0. The summed E-state index contributed by atoms with van der Waals surface area (Å²) in [7, 11) is 1.52. The van der Waals surface area contributed by atoms with Crippen LogP contribution in [0.15, 0.2) is 59.1 Å². The molecule has 0 saturated carbocycles. The van der Waals surface area contributed by atoms with Gasteiger partial charge in [-0.1, -0.05) is 36.3 Å². The molecule has 0 radical (unpaired) electrons. The molecule has 3 aromatic rings. The normalized spacial score (nSPS) is 11.9. The van der Waals surface area contributed by atoms with E-state index in [2.05, 4.69) is 15.8 Å². The molecule has 9 nitrogen and oxygen atoms in total. The Bertz CT molecular complexity index is 1270. The van der Waals surface area contributed by atoms with Crippen LogP contribution in [0.1, 0.15) is 57.4 Å². The fourth-order valence-corrected chi connectivity index (χ4v) is 3.73. The molecule has 0 aliphatic heterocycles. The standard InChI is InChI=1S/C28H33FN4O5/c1-6-28(3,4)31-27(36)26(19-11-13-20(37-5)14-12-19)33(22-10-8-7-9-21(22)29)25(35)16-15-24(34)30-23-17-18(2)38-32-23/h7-14,17,26H,6,15-16H2,1-5H3,(H,31,36)(H,30,32,34)/t26-/m0/s1. The second-order valence-corrected chi connectivity index (χ2v) is 9.49. The van der Waals surface area contributed by atoms with Gasteiger partial charge in [0.1, 0.15) is 23.4 Å². The van der Waals surface area contributed by atoms with Crippen molar-refractivity contribution in [1.82, 2.24) is 10.5 Å². The third kappa shape index (κ3) is 7.18. The van der Waals surface area contributed by atoms with Gasteiger partial charge in [-0.25, -0.2) is 4.39 Å². The highest BCUT2D eigenvalue weighted by atomic mass is 19.1. The number of nitrogens with one attached hydrogen (secondary N) is 2. The van der Waals surface area contributed by atoms with Gasteiger partial charge in [0.05, 0.1) is 12.8 Å². The van der Waals surface area contributed by atoms with Crippen LogP contribution in [0.25, 0.3) is 0 Å². The number of rotatable bonds is 11. The van der Waals surface area contributed by atoms with Gasteiger partial charge >= 0.3 is 0 Å². The van der Waals surface area contributed by atoms with Gasteiger partial charge in [-0.05, 0) is 57.0 Å². The number of carbonyl (C=O) groups is 3. The first-order valence-electron chi connectivity index (χ1n) is 12.3. The molecule has 2 aromatic carbocycles. The van der Waals surface area contributed by atoms with Crippen LogP contribution in [0.3, 0.4) is 0 Å². The molecule has 10 heteroatoms. The summed E-state index contributed by atoms with van der Waals surface area (Å²) in [5.41, 5.74) is -0.203. The summed E-state index contributed by atoms with van der Waals surface area (Å²) >= 11 is 0. The van der Waals surface area contributed by atoms with E-state index in [4.69, 9.17) is 9.26 Å². The van der Waals surface area contributed by atoms with E-state index in [1.807, 2.05) is 20.8 Å². The van der Waals surface area contributed by atoms with Crippen LogP contribution >= 0.6 is 0 Å². The molecule has 0 fully saturated rings. The van der Waals surface area contributed by atoms with E-state index in [0.29, 0.717) is 23.5 Å². The van der Waals surface area contributed by atoms with E-state index in [0.717, 1.165) is 4.90 Å². The van der Waals surface area contributed by atoms with Crippen molar-refractivity contribution < 1.29 is 28.0 Å². The van der Waals surface area contributed by atoms with Gasteiger partial charge in [0.25, 0.3) is 0 Å². The number of halogens is 1. The number of benzene rings is 2. The summed E-state index contributed by atoms with van der Waals surface area (Å²) in [5, 5.41) is 9.24. The van der Waals surface area contributed by atoms with Crippen LogP contribution in [0.5, 0.6) is 5.75 Å². The van der Waals surface area contributed by atoms with Crippen molar-refractivity contribution in [3.63, 3.8) is 0 Å². The lowest BCUT2D eigenvalue weighted by Crippen LogP contribution is -2.50. The number of aromatic nitrogens is 1. The van der Waals surface area contributed by atoms with Crippen LogP contribution in [-0.2, 0) is 14.4 Å². The van der Waals surface area contributed by atoms with E-state index in [1.165, 1.54) is 25.3 Å². The second kappa shape index (κ2) is 12.4. The van der Waals surface area contributed by atoms with Crippen LogP contribution in [0.2, 0.25) is 0 Å². The molecule has 1 heterocycles. The van der Waals surface area contributed by atoms with E-state index in [9.17, 15) is 14.4 Å². The van der Waals surface area contributed by atoms with Crippen molar-refractivity contribution in [1.29, 1.82) is 0 Å². The molecular formula is C28H33FN4O5. The summed E-state index contributed by atoms with van der Waals surface area (Å²) in [5.74, 6) is -0.936. The number of carbonyl (C=O) groups excluding carboxylic acids is 3. The number of hydrogen-bond acceptors (Lipinski definition) is 6. The Kier molecular flexibility index (Phi) is 9.22. The molecule has 3 rings (SSSR count). The summed E-state index contributed by atoms with van der Waals surface area (Å²) in [4.78, 5) is 41.0. The smallest absolute Gasteiger partial charge is 0.248 e. The minimum Gasteiger partial charge on any atom is -0.497 e. The number of para-hydroxylation sites is 1. The summed E-state index contributed by atoms with van der Waals surface area (Å²) < 4.78 is 25.3. The van der Waals surface area contributed by atoms with E-state index in [-0.39, 0.29) is 24.3 Å². The largest absolute Gasteiger partial charge is 0.497 e. The minimum atomic E-state index is -1.21. The number of hydrogen-bond donors (Lipinski definition) is 2. The molecule has 3 amide bonds. The van der Waals surface area contributed by atoms with Crippen LogP contribution < -0.4 is 20.3 Å². The molecule has 0 aliphatic rings. The van der Waals surface area contributed by atoms with Gasteiger partial charge in [-0.2, -0.15) is 0 Å². The third-order valence-corrected chi connectivity index (χ3v) is 6.13. The number of anilines is 2. The molecule has 2 N–H and O–H groups in total. The van der Waals surface area contributed by atoms with E-state index in [1.54, 1.807) is 43.3 Å². The Morgan fingerprint density at radius 3 is 2.37 bits per heavy atom. The predicted molar refractivity (Wildman–Crippen MR) is 141 cm³/mol. The number of methoxy groups -OCH3 is 1. The molecule has 0 unspecified atom stereocenters. The van der Waals surface area contributed by atoms with Crippen molar-refractivity contribution in [3.05, 3.63) is 71.7 Å². The third-order valence-electron chi connectivity index (χ3n) is 6.13. The maximum Gasteiger partial charge on any atom is 0.248 e.